The fraction of sp³-hybridized carbons (Fsp3) is 0.167. The molecule has 4 aromatic rings. The molecule has 2 aromatic carbocycles. The van der Waals surface area contributed by atoms with Crippen LogP contribution in [-0.2, 0) is 0 Å². The smallest absolute Gasteiger partial charge is 0.150 e. The number of nitrogen functional groups attached to an aromatic ring is 1. The van der Waals surface area contributed by atoms with Crippen LogP contribution in [0.2, 0.25) is 0 Å². The SMILES string of the molecule is Cc1ccc2c(c1)nc(N)c1ncc(C#Cc3ccc(C)c(C)c3C)cc12. The highest BCUT2D eigenvalue weighted by Gasteiger charge is 2.08. The Morgan fingerprint density at radius 3 is 2.48 bits per heavy atom. The van der Waals surface area contributed by atoms with Gasteiger partial charge in [0.2, 0.25) is 0 Å². The number of fused-ring (bicyclic) bond motifs is 3. The third-order valence-electron chi connectivity index (χ3n) is 5.21. The topological polar surface area (TPSA) is 51.8 Å². The lowest BCUT2D eigenvalue weighted by atomic mass is 9.99. The van der Waals surface area contributed by atoms with Gasteiger partial charge >= 0.3 is 0 Å². The molecule has 3 heteroatoms. The van der Waals surface area contributed by atoms with E-state index in [1.807, 2.05) is 13.0 Å². The molecule has 0 spiro atoms. The average Bonchev–Trinajstić information content (AvgIpc) is 2.65. The standard InChI is InChI=1S/C24H21N3/c1-14-5-10-20-21-12-18(13-26-23(21)24(25)27-22(20)11-14)7-9-19-8-6-15(2)16(3)17(19)4/h5-6,8,10-13H,1-4H3,(H2,25,27). The molecule has 0 saturated carbocycles. The number of nitrogens with zero attached hydrogens (tertiary/aromatic N) is 2. The predicted molar refractivity (Wildman–Crippen MR) is 113 cm³/mol. The summed E-state index contributed by atoms with van der Waals surface area (Å²) in [5.74, 6) is 7.01. The average molecular weight is 351 g/mol. The molecule has 3 nitrogen and oxygen atoms in total. The fourth-order valence-electron chi connectivity index (χ4n) is 3.32. The number of aryl methyl sites for hydroxylation is 2. The van der Waals surface area contributed by atoms with Gasteiger partial charge < -0.3 is 5.73 Å². The van der Waals surface area contributed by atoms with Crippen molar-refractivity contribution in [1.82, 2.24) is 9.97 Å². The first-order valence-corrected chi connectivity index (χ1v) is 8.98. The van der Waals surface area contributed by atoms with Crippen LogP contribution < -0.4 is 5.73 Å². The minimum Gasteiger partial charge on any atom is -0.382 e. The zero-order valence-electron chi connectivity index (χ0n) is 16.0. The van der Waals surface area contributed by atoms with Crippen LogP contribution in [0.5, 0.6) is 0 Å². The Labute approximate surface area is 159 Å². The second-order valence-electron chi connectivity index (χ2n) is 7.07. The summed E-state index contributed by atoms with van der Waals surface area (Å²) in [7, 11) is 0. The summed E-state index contributed by atoms with van der Waals surface area (Å²) >= 11 is 0. The van der Waals surface area contributed by atoms with Gasteiger partial charge in [0.15, 0.2) is 5.82 Å². The first-order valence-electron chi connectivity index (χ1n) is 8.98. The predicted octanol–water partition coefficient (Wildman–Crippen LogP) is 5.00. The maximum atomic E-state index is 6.13. The number of benzene rings is 2. The van der Waals surface area contributed by atoms with E-state index >= 15 is 0 Å². The lowest BCUT2D eigenvalue weighted by Crippen LogP contribution is -1.96. The van der Waals surface area contributed by atoms with E-state index in [0.29, 0.717) is 5.82 Å². The van der Waals surface area contributed by atoms with Gasteiger partial charge in [0.25, 0.3) is 0 Å². The Morgan fingerprint density at radius 1 is 0.852 bits per heavy atom. The summed E-state index contributed by atoms with van der Waals surface area (Å²) < 4.78 is 0. The summed E-state index contributed by atoms with van der Waals surface area (Å²) in [6.45, 7) is 8.43. The van der Waals surface area contributed by atoms with Crippen molar-refractivity contribution in [1.29, 1.82) is 0 Å². The molecular weight excluding hydrogens is 330 g/mol. The van der Waals surface area contributed by atoms with Crippen LogP contribution in [0, 0.1) is 39.5 Å². The molecule has 2 heterocycles. The molecule has 0 aliphatic heterocycles. The molecule has 4 rings (SSSR count). The summed E-state index contributed by atoms with van der Waals surface area (Å²) in [6.07, 6.45) is 1.77. The minimum absolute atomic E-state index is 0.451. The molecule has 0 bridgehead atoms. The molecular formula is C24H21N3. The molecule has 2 aromatic heterocycles. The first kappa shape index (κ1) is 17.1. The van der Waals surface area contributed by atoms with Crippen LogP contribution in [-0.4, -0.2) is 9.97 Å². The van der Waals surface area contributed by atoms with Gasteiger partial charge in [-0.3, -0.25) is 4.98 Å². The van der Waals surface area contributed by atoms with Crippen molar-refractivity contribution < 1.29 is 0 Å². The van der Waals surface area contributed by atoms with Gasteiger partial charge in [-0.2, -0.15) is 0 Å². The van der Waals surface area contributed by atoms with Crippen molar-refractivity contribution in [3.63, 3.8) is 0 Å². The summed E-state index contributed by atoms with van der Waals surface area (Å²) in [4.78, 5) is 9.03. The largest absolute Gasteiger partial charge is 0.382 e. The van der Waals surface area contributed by atoms with E-state index in [4.69, 9.17) is 5.73 Å². The van der Waals surface area contributed by atoms with Gasteiger partial charge in [-0.25, -0.2) is 4.98 Å². The van der Waals surface area contributed by atoms with Crippen LogP contribution >= 0.6 is 0 Å². The number of hydrogen-bond donors (Lipinski definition) is 1. The number of aromatic nitrogens is 2. The zero-order chi connectivity index (χ0) is 19.1. The van der Waals surface area contributed by atoms with Crippen molar-refractivity contribution in [2.45, 2.75) is 27.7 Å². The Kier molecular flexibility index (Phi) is 4.05. The molecule has 0 amide bonds. The minimum atomic E-state index is 0.451. The van der Waals surface area contributed by atoms with Crippen LogP contribution in [0.25, 0.3) is 21.8 Å². The lowest BCUT2D eigenvalue weighted by molar-refractivity contribution is 1.25. The third-order valence-corrected chi connectivity index (χ3v) is 5.21. The van der Waals surface area contributed by atoms with E-state index in [9.17, 15) is 0 Å². The number of anilines is 1. The Hall–Kier alpha value is -3.38. The third kappa shape index (κ3) is 3.00. The highest BCUT2D eigenvalue weighted by Crippen LogP contribution is 2.27. The lowest BCUT2D eigenvalue weighted by Gasteiger charge is -2.07. The first-order chi connectivity index (χ1) is 12.9. The number of nitrogens with two attached hydrogens (primary N) is 1. The normalized spacial score (nSPS) is 10.8. The van der Waals surface area contributed by atoms with E-state index in [1.54, 1.807) is 6.20 Å². The van der Waals surface area contributed by atoms with Gasteiger partial charge in [-0.1, -0.05) is 30.0 Å². The molecule has 0 aliphatic rings. The second kappa shape index (κ2) is 6.41. The van der Waals surface area contributed by atoms with Crippen LogP contribution in [0.4, 0.5) is 5.82 Å². The van der Waals surface area contributed by atoms with Crippen molar-refractivity contribution >= 4 is 27.6 Å². The fourth-order valence-corrected chi connectivity index (χ4v) is 3.32. The van der Waals surface area contributed by atoms with Gasteiger partial charge in [-0.15, -0.1) is 0 Å². The Balaban J connectivity index is 1.88. The number of pyridine rings is 2. The molecule has 0 unspecified atom stereocenters. The number of hydrogen-bond acceptors (Lipinski definition) is 3. The van der Waals surface area contributed by atoms with Crippen molar-refractivity contribution in [2.24, 2.45) is 0 Å². The van der Waals surface area contributed by atoms with E-state index in [1.165, 1.54) is 16.7 Å². The van der Waals surface area contributed by atoms with Gasteiger partial charge in [0.05, 0.1) is 5.52 Å². The molecule has 132 valence electrons. The van der Waals surface area contributed by atoms with E-state index in [2.05, 4.69) is 72.9 Å². The van der Waals surface area contributed by atoms with Crippen LogP contribution in [0.15, 0.2) is 42.6 Å². The molecule has 0 atom stereocenters. The molecule has 27 heavy (non-hydrogen) atoms. The van der Waals surface area contributed by atoms with E-state index < -0.39 is 0 Å². The summed E-state index contributed by atoms with van der Waals surface area (Å²) in [6, 6.07) is 12.5. The van der Waals surface area contributed by atoms with Crippen molar-refractivity contribution in [2.75, 3.05) is 5.73 Å². The van der Waals surface area contributed by atoms with E-state index in [0.717, 1.165) is 38.5 Å². The second-order valence-corrected chi connectivity index (χ2v) is 7.07. The van der Waals surface area contributed by atoms with Gasteiger partial charge in [-0.05, 0) is 68.1 Å². The summed E-state index contributed by atoms with van der Waals surface area (Å²) in [5.41, 5.74) is 14.6. The maximum Gasteiger partial charge on any atom is 0.150 e. The van der Waals surface area contributed by atoms with Gasteiger partial charge in [0, 0.05) is 28.1 Å². The quantitative estimate of drug-likeness (QED) is 0.358. The number of rotatable bonds is 0. The molecule has 2 N–H and O–H groups in total. The van der Waals surface area contributed by atoms with Crippen LogP contribution in [0.3, 0.4) is 0 Å². The van der Waals surface area contributed by atoms with Crippen LogP contribution in [0.1, 0.15) is 33.4 Å². The molecule has 0 fully saturated rings. The summed E-state index contributed by atoms with van der Waals surface area (Å²) in [5, 5.41) is 2.03. The molecule has 0 saturated heterocycles. The molecule has 0 aliphatic carbocycles. The zero-order valence-corrected chi connectivity index (χ0v) is 16.0. The highest BCUT2D eigenvalue weighted by atomic mass is 14.9. The van der Waals surface area contributed by atoms with Crippen molar-refractivity contribution in [3.8, 4) is 11.8 Å². The Morgan fingerprint density at radius 2 is 1.67 bits per heavy atom. The highest BCUT2D eigenvalue weighted by molar-refractivity contribution is 6.08. The maximum absolute atomic E-state index is 6.13. The van der Waals surface area contributed by atoms with E-state index in [-0.39, 0.29) is 0 Å². The Bertz CT molecular complexity index is 1270. The van der Waals surface area contributed by atoms with Gasteiger partial charge in [0.1, 0.15) is 5.52 Å². The monoisotopic (exact) mass is 351 g/mol. The van der Waals surface area contributed by atoms with Crippen molar-refractivity contribution in [3.05, 3.63) is 76.0 Å². The molecule has 0 radical (unpaired) electrons.